The van der Waals surface area contributed by atoms with Gasteiger partial charge in [0.2, 0.25) is 0 Å². The largest absolute Gasteiger partial charge is 0.397 e. The van der Waals surface area contributed by atoms with Gasteiger partial charge in [-0.1, -0.05) is 11.6 Å². The Hall–Kier alpha value is -1.38. The number of nitrogens with zero attached hydrogens (tertiary/aromatic N) is 2. The summed E-state index contributed by atoms with van der Waals surface area (Å²) >= 11 is 9.02. The third-order valence-electron chi connectivity index (χ3n) is 2.43. The predicted octanol–water partition coefficient (Wildman–Crippen LogP) is 2.58. The Balaban J connectivity index is 2.38. The number of halogens is 2. The molecule has 0 spiro atoms. The van der Waals surface area contributed by atoms with Crippen LogP contribution in [0.15, 0.2) is 34.0 Å². The third-order valence-corrected chi connectivity index (χ3v) is 4.69. The van der Waals surface area contributed by atoms with Gasteiger partial charge in [0, 0.05) is 0 Å². The zero-order chi connectivity index (χ0) is 14.9. The molecule has 0 radical (unpaired) electrons. The molecule has 0 fully saturated rings. The van der Waals surface area contributed by atoms with Crippen molar-refractivity contribution in [2.24, 2.45) is 0 Å². The van der Waals surface area contributed by atoms with Crippen LogP contribution in [-0.4, -0.2) is 18.4 Å². The minimum atomic E-state index is -3.79. The van der Waals surface area contributed by atoms with E-state index in [-0.39, 0.29) is 16.4 Å². The molecule has 2 rings (SSSR count). The van der Waals surface area contributed by atoms with Crippen LogP contribution in [0.25, 0.3) is 0 Å². The highest BCUT2D eigenvalue weighted by molar-refractivity contribution is 9.10. The molecule has 1 aromatic carbocycles. The first-order valence-corrected chi connectivity index (χ1v) is 8.01. The van der Waals surface area contributed by atoms with Crippen LogP contribution in [0.1, 0.15) is 5.56 Å². The van der Waals surface area contributed by atoms with E-state index in [1.54, 1.807) is 6.92 Å². The molecule has 0 aliphatic heterocycles. The SMILES string of the molecule is Cc1cc(S(=O)(=O)Nc2cnc(Br)cn2)cc(N)c1Cl. The van der Waals surface area contributed by atoms with Gasteiger partial charge in [-0.3, -0.25) is 4.72 Å². The first-order chi connectivity index (χ1) is 9.29. The van der Waals surface area contributed by atoms with Crippen LogP contribution in [0, 0.1) is 6.92 Å². The molecular formula is C11H10BrClN4O2S. The van der Waals surface area contributed by atoms with Crippen LogP contribution in [-0.2, 0) is 10.0 Å². The van der Waals surface area contributed by atoms with E-state index in [0.717, 1.165) is 0 Å². The molecule has 0 aliphatic rings. The molecule has 20 heavy (non-hydrogen) atoms. The minimum absolute atomic E-state index is 0.0154. The Labute approximate surface area is 129 Å². The molecule has 1 heterocycles. The second kappa shape index (κ2) is 5.55. The zero-order valence-corrected chi connectivity index (χ0v) is 13.4. The fourth-order valence-corrected chi connectivity index (χ4v) is 2.91. The number of benzene rings is 1. The molecule has 1 aromatic heterocycles. The molecular weight excluding hydrogens is 368 g/mol. The van der Waals surface area contributed by atoms with Gasteiger partial charge < -0.3 is 5.73 Å². The van der Waals surface area contributed by atoms with Crippen molar-refractivity contribution < 1.29 is 8.42 Å². The van der Waals surface area contributed by atoms with E-state index in [1.807, 2.05) is 0 Å². The maximum absolute atomic E-state index is 12.2. The Morgan fingerprint density at radius 2 is 2.00 bits per heavy atom. The highest BCUT2D eigenvalue weighted by Crippen LogP contribution is 2.27. The first kappa shape index (κ1) is 15.0. The molecule has 6 nitrogen and oxygen atoms in total. The number of aromatic nitrogens is 2. The lowest BCUT2D eigenvalue weighted by Gasteiger charge is -2.10. The Bertz CT molecular complexity index is 727. The highest BCUT2D eigenvalue weighted by atomic mass is 79.9. The molecule has 106 valence electrons. The zero-order valence-electron chi connectivity index (χ0n) is 10.3. The molecule has 2 aromatic rings. The van der Waals surface area contributed by atoms with Crippen molar-refractivity contribution in [3.8, 4) is 0 Å². The van der Waals surface area contributed by atoms with E-state index in [2.05, 4.69) is 30.6 Å². The fraction of sp³-hybridized carbons (Fsp3) is 0.0909. The van der Waals surface area contributed by atoms with E-state index in [1.165, 1.54) is 24.5 Å². The summed E-state index contributed by atoms with van der Waals surface area (Å²) in [6.45, 7) is 1.68. The second-order valence-electron chi connectivity index (χ2n) is 3.97. The molecule has 3 N–H and O–H groups in total. The molecule has 0 aliphatic carbocycles. The summed E-state index contributed by atoms with van der Waals surface area (Å²) in [6, 6.07) is 2.73. The Morgan fingerprint density at radius 3 is 2.55 bits per heavy atom. The lowest BCUT2D eigenvalue weighted by Crippen LogP contribution is -2.14. The van der Waals surface area contributed by atoms with Gasteiger partial charge in [-0.15, -0.1) is 0 Å². The molecule has 0 amide bonds. The molecule has 0 bridgehead atoms. The van der Waals surface area contributed by atoms with Crippen molar-refractivity contribution in [1.82, 2.24) is 9.97 Å². The van der Waals surface area contributed by atoms with Crippen LogP contribution in [0.4, 0.5) is 11.5 Å². The normalized spacial score (nSPS) is 11.3. The maximum atomic E-state index is 12.2. The smallest absolute Gasteiger partial charge is 0.263 e. The molecule has 0 unspecified atom stereocenters. The quantitative estimate of drug-likeness (QED) is 0.801. The Morgan fingerprint density at radius 1 is 1.30 bits per heavy atom. The van der Waals surface area contributed by atoms with E-state index < -0.39 is 10.0 Å². The fourth-order valence-electron chi connectivity index (χ4n) is 1.48. The van der Waals surface area contributed by atoms with Gasteiger partial charge in [0.25, 0.3) is 10.0 Å². The number of rotatable bonds is 3. The van der Waals surface area contributed by atoms with Gasteiger partial charge in [-0.05, 0) is 40.5 Å². The Kier molecular flexibility index (Phi) is 4.17. The van der Waals surface area contributed by atoms with Crippen LogP contribution < -0.4 is 10.5 Å². The van der Waals surface area contributed by atoms with E-state index in [0.29, 0.717) is 15.2 Å². The van der Waals surface area contributed by atoms with Gasteiger partial charge in [0.05, 0.1) is 28.0 Å². The van der Waals surface area contributed by atoms with Gasteiger partial charge in [-0.2, -0.15) is 0 Å². The van der Waals surface area contributed by atoms with Crippen molar-refractivity contribution in [2.75, 3.05) is 10.5 Å². The summed E-state index contributed by atoms with van der Waals surface area (Å²) < 4.78 is 27.2. The first-order valence-electron chi connectivity index (χ1n) is 5.35. The van der Waals surface area contributed by atoms with Gasteiger partial charge >= 0.3 is 0 Å². The predicted molar refractivity (Wildman–Crippen MR) is 81.1 cm³/mol. The molecule has 9 heteroatoms. The third kappa shape index (κ3) is 3.20. The summed E-state index contributed by atoms with van der Waals surface area (Å²) in [4.78, 5) is 7.80. The summed E-state index contributed by atoms with van der Waals surface area (Å²) in [5.74, 6) is 0.111. The molecule has 0 atom stereocenters. The number of hydrogen-bond donors (Lipinski definition) is 2. The summed E-state index contributed by atoms with van der Waals surface area (Å²) in [5.41, 5.74) is 6.45. The lowest BCUT2D eigenvalue weighted by atomic mass is 10.2. The topological polar surface area (TPSA) is 98.0 Å². The van der Waals surface area contributed by atoms with E-state index in [4.69, 9.17) is 17.3 Å². The second-order valence-corrected chi connectivity index (χ2v) is 6.85. The van der Waals surface area contributed by atoms with Gasteiger partial charge in [-0.25, -0.2) is 18.4 Å². The van der Waals surface area contributed by atoms with Crippen molar-refractivity contribution >= 4 is 49.1 Å². The number of hydrogen-bond acceptors (Lipinski definition) is 5. The number of sulfonamides is 1. The summed E-state index contributed by atoms with van der Waals surface area (Å²) in [7, 11) is -3.79. The molecule has 0 saturated heterocycles. The summed E-state index contributed by atoms with van der Waals surface area (Å²) in [6.07, 6.45) is 2.69. The standard InChI is InChI=1S/C11H10BrClN4O2S/c1-6-2-7(3-8(14)11(6)13)20(18,19)17-10-5-15-9(12)4-16-10/h2-5H,14H2,1H3,(H,16,17). The van der Waals surface area contributed by atoms with E-state index in [9.17, 15) is 8.42 Å². The van der Waals surface area contributed by atoms with Crippen molar-refractivity contribution in [3.63, 3.8) is 0 Å². The summed E-state index contributed by atoms with van der Waals surface area (Å²) in [5, 5.41) is 0.340. The molecule has 0 saturated carbocycles. The highest BCUT2D eigenvalue weighted by Gasteiger charge is 2.17. The van der Waals surface area contributed by atoms with Crippen molar-refractivity contribution in [1.29, 1.82) is 0 Å². The number of nitrogens with two attached hydrogens (primary N) is 1. The maximum Gasteiger partial charge on any atom is 0.263 e. The van der Waals surface area contributed by atoms with Gasteiger partial charge in [0.15, 0.2) is 5.82 Å². The minimum Gasteiger partial charge on any atom is -0.397 e. The monoisotopic (exact) mass is 376 g/mol. The number of nitrogen functional groups attached to an aromatic ring is 1. The number of anilines is 2. The van der Waals surface area contributed by atoms with Crippen molar-refractivity contribution in [2.45, 2.75) is 11.8 Å². The van der Waals surface area contributed by atoms with Crippen LogP contribution in [0.2, 0.25) is 5.02 Å². The van der Waals surface area contributed by atoms with Crippen LogP contribution in [0.3, 0.4) is 0 Å². The van der Waals surface area contributed by atoms with Crippen LogP contribution >= 0.6 is 27.5 Å². The van der Waals surface area contributed by atoms with E-state index >= 15 is 0 Å². The van der Waals surface area contributed by atoms with Crippen LogP contribution in [0.5, 0.6) is 0 Å². The van der Waals surface area contributed by atoms with Crippen molar-refractivity contribution in [3.05, 3.63) is 39.7 Å². The average molecular weight is 378 g/mol. The average Bonchev–Trinajstić information content (AvgIpc) is 2.38. The number of aryl methyl sites for hydroxylation is 1. The van der Waals surface area contributed by atoms with Gasteiger partial charge in [0.1, 0.15) is 4.60 Å². The number of nitrogens with one attached hydrogen (secondary N) is 1. The lowest BCUT2D eigenvalue weighted by molar-refractivity contribution is 0.601.